The van der Waals surface area contributed by atoms with Crippen LogP contribution >= 0.6 is 11.6 Å². The van der Waals surface area contributed by atoms with Crippen molar-refractivity contribution in [1.29, 1.82) is 0 Å². The number of rotatable bonds is 5. The number of hydrogen-bond donors (Lipinski definition) is 2. The van der Waals surface area contributed by atoms with E-state index in [0.717, 1.165) is 0 Å². The Bertz CT molecular complexity index is 1050. The first kappa shape index (κ1) is 26.9. The molecule has 0 aromatic carbocycles. The minimum atomic E-state index is -2.89. The summed E-state index contributed by atoms with van der Waals surface area (Å²) >= 11 is 6.06. The molecule has 0 saturated carbocycles. The van der Waals surface area contributed by atoms with Crippen LogP contribution in [0.25, 0.3) is 11.2 Å². The van der Waals surface area contributed by atoms with E-state index in [-0.39, 0.29) is 39.9 Å². The van der Waals surface area contributed by atoms with Crippen molar-refractivity contribution in [2.75, 3.05) is 12.3 Å². The van der Waals surface area contributed by atoms with Gasteiger partial charge in [-0.1, -0.05) is 55.4 Å². The molecule has 35 heavy (non-hydrogen) atoms. The number of aliphatic hydroxyl groups is 1. The number of nitrogens with zero attached hydrogens (tertiary/aromatic N) is 4. The zero-order valence-electron chi connectivity index (χ0n) is 21.7. The highest BCUT2D eigenvalue weighted by atomic mass is 35.5. The number of nitrogen functional groups attached to an aromatic ring is 1. The molecule has 4 atom stereocenters. The molecule has 2 aliphatic rings. The summed E-state index contributed by atoms with van der Waals surface area (Å²) in [7, 11) is -5.60. The lowest BCUT2D eigenvalue weighted by Gasteiger charge is -2.51. The summed E-state index contributed by atoms with van der Waals surface area (Å²) in [5.41, 5.74) is 7.49. The summed E-state index contributed by atoms with van der Waals surface area (Å²) in [4.78, 5) is 12.6. The maximum absolute atomic E-state index is 11.5. The monoisotopic (exact) mass is 543 g/mol. The van der Waals surface area contributed by atoms with Gasteiger partial charge in [0.2, 0.25) is 5.28 Å². The second-order valence-electron chi connectivity index (χ2n) is 10.8. The lowest BCUT2D eigenvalue weighted by molar-refractivity contribution is -0.0570. The zero-order valence-corrected chi connectivity index (χ0v) is 24.5. The Hall–Kier alpha value is -1.13. The zero-order chi connectivity index (χ0) is 25.9. The van der Waals surface area contributed by atoms with Gasteiger partial charge in [-0.05, 0) is 33.8 Å². The molecule has 196 valence electrons. The fourth-order valence-corrected chi connectivity index (χ4v) is 16.8. The molecule has 0 amide bonds. The summed E-state index contributed by atoms with van der Waals surface area (Å²) in [5.74, 6) is 0.168. The van der Waals surface area contributed by atoms with Crippen LogP contribution in [0.2, 0.25) is 27.4 Å². The number of ether oxygens (including phenoxy) is 1. The fourth-order valence-electron chi connectivity index (χ4n) is 5.46. The van der Waals surface area contributed by atoms with E-state index in [1.807, 2.05) is 0 Å². The maximum Gasteiger partial charge on any atom is 0.335 e. The van der Waals surface area contributed by atoms with E-state index in [1.165, 1.54) is 6.33 Å². The Kier molecular flexibility index (Phi) is 7.41. The number of imidazole rings is 1. The second-order valence-corrected chi connectivity index (χ2v) is 20.0. The van der Waals surface area contributed by atoms with E-state index < -0.39 is 41.7 Å². The van der Waals surface area contributed by atoms with Gasteiger partial charge in [0.25, 0.3) is 0 Å². The number of hydrogen-bond acceptors (Lipinski definition) is 9. The molecule has 10 nitrogen and oxygen atoms in total. The Morgan fingerprint density at radius 1 is 1.03 bits per heavy atom. The molecule has 2 aromatic heterocycles. The topological polar surface area (TPSA) is 127 Å². The normalized spacial score (nSPS) is 28.7. The average molecular weight is 544 g/mol. The fraction of sp³-hybridized carbons (Fsp3) is 0.773. The second kappa shape index (κ2) is 9.64. The number of aromatic nitrogens is 4. The third-order valence-corrected chi connectivity index (χ3v) is 17.8. The van der Waals surface area contributed by atoms with Crippen molar-refractivity contribution in [3.8, 4) is 0 Å². The summed E-state index contributed by atoms with van der Waals surface area (Å²) in [6, 6.07) is 0. The molecule has 0 radical (unpaired) electrons. The molecule has 2 fully saturated rings. The first-order valence-corrected chi connectivity index (χ1v) is 16.7. The smallest absolute Gasteiger partial charge is 0.335 e. The average Bonchev–Trinajstić information content (AvgIpc) is 3.28. The molecule has 2 saturated heterocycles. The first-order valence-electron chi connectivity index (χ1n) is 12.3. The van der Waals surface area contributed by atoms with Gasteiger partial charge in [0.1, 0.15) is 23.8 Å². The van der Waals surface area contributed by atoms with Gasteiger partial charge >= 0.3 is 17.1 Å². The first-order chi connectivity index (χ1) is 16.3. The molecule has 4 heterocycles. The minimum Gasteiger partial charge on any atom is -0.414 e. The van der Waals surface area contributed by atoms with Crippen LogP contribution in [0.4, 0.5) is 5.82 Å². The van der Waals surface area contributed by atoms with E-state index in [9.17, 15) is 5.11 Å². The van der Waals surface area contributed by atoms with Crippen molar-refractivity contribution in [3.05, 3.63) is 11.6 Å². The molecule has 4 rings (SSSR count). The minimum absolute atomic E-state index is 0.000994. The molecule has 13 heteroatoms. The van der Waals surface area contributed by atoms with Crippen LogP contribution in [0.3, 0.4) is 0 Å². The van der Waals surface area contributed by atoms with Crippen molar-refractivity contribution >= 4 is 45.7 Å². The third kappa shape index (κ3) is 4.35. The standard InChI is InChI=1S/C22H38ClN5O5Si2/c1-11(2)34(12(3)4)30-9-15-18(32-35(33-34,13(5)6)14(7)8)17(29)21(31-15)28-10-25-16-19(24)26-22(23)27-20(16)28/h10-15,17-18,21,29H,9H2,1-8H3,(H2,24,26,27)/t15-,17-,18+,21-/m0/s1. The molecule has 0 unspecified atom stereocenters. The van der Waals surface area contributed by atoms with Crippen LogP contribution < -0.4 is 5.73 Å². The van der Waals surface area contributed by atoms with Crippen molar-refractivity contribution in [1.82, 2.24) is 19.5 Å². The van der Waals surface area contributed by atoms with Crippen LogP contribution in [-0.2, 0) is 17.7 Å². The van der Waals surface area contributed by atoms with E-state index in [2.05, 4.69) is 70.3 Å². The van der Waals surface area contributed by atoms with Crippen LogP contribution in [0.15, 0.2) is 6.33 Å². The van der Waals surface area contributed by atoms with Gasteiger partial charge in [0.15, 0.2) is 17.7 Å². The predicted molar refractivity (Wildman–Crippen MR) is 138 cm³/mol. The highest BCUT2D eigenvalue weighted by molar-refractivity contribution is 6.84. The Morgan fingerprint density at radius 2 is 1.63 bits per heavy atom. The summed E-state index contributed by atoms with van der Waals surface area (Å²) < 4.78 is 29.0. The van der Waals surface area contributed by atoms with E-state index in [4.69, 9.17) is 35.0 Å². The lowest BCUT2D eigenvalue weighted by atomic mass is 10.1. The Morgan fingerprint density at radius 3 is 2.20 bits per heavy atom. The highest BCUT2D eigenvalue weighted by Gasteiger charge is 2.61. The quantitative estimate of drug-likeness (QED) is 0.419. The van der Waals surface area contributed by atoms with Crippen LogP contribution in [0.5, 0.6) is 0 Å². The van der Waals surface area contributed by atoms with Gasteiger partial charge in [0.05, 0.1) is 12.9 Å². The predicted octanol–water partition coefficient (Wildman–Crippen LogP) is 4.28. The summed E-state index contributed by atoms with van der Waals surface area (Å²) in [5, 5.41) is 11.5. The number of nitrogens with two attached hydrogens (primary N) is 1. The van der Waals surface area contributed by atoms with Crippen LogP contribution in [0, 0.1) is 0 Å². The summed E-state index contributed by atoms with van der Waals surface area (Å²) in [6.07, 6.45) is -1.39. The lowest BCUT2D eigenvalue weighted by Crippen LogP contribution is -2.65. The molecule has 3 N–H and O–H groups in total. The van der Waals surface area contributed by atoms with Crippen molar-refractivity contribution in [3.63, 3.8) is 0 Å². The van der Waals surface area contributed by atoms with Crippen molar-refractivity contribution in [2.45, 2.75) is 102 Å². The molecular formula is C22H38ClN5O5Si2. The van der Waals surface area contributed by atoms with E-state index in [1.54, 1.807) is 4.57 Å². The van der Waals surface area contributed by atoms with Crippen LogP contribution in [0.1, 0.15) is 61.6 Å². The number of anilines is 1. The molecule has 0 bridgehead atoms. The summed E-state index contributed by atoms with van der Waals surface area (Å²) in [6.45, 7) is 17.5. The largest absolute Gasteiger partial charge is 0.414 e. The van der Waals surface area contributed by atoms with Gasteiger partial charge in [0, 0.05) is 0 Å². The van der Waals surface area contributed by atoms with Crippen molar-refractivity contribution in [2.24, 2.45) is 0 Å². The molecule has 2 aromatic rings. The van der Waals surface area contributed by atoms with Gasteiger partial charge < -0.3 is 28.5 Å². The van der Waals surface area contributed by atoms with E-state index in [0.29, 0.717) is 11.2 Å². The van der Waals surface area contributed by atoms with Gasteiger partial charge in [-0.25, -0.2) is 4.98 Å². The van der Waals surface area contributed by atoms with Gasteiger partial charge in [-0.15, -0.1) is 0 Å². The van der Waals surface area contributed by atoms with Gasteiger partial charge in [-0.2, -0.15) is 9.97 Å². The molecular weight excluding hydrogens is 506 g/mol. The number of halogens is 1. The molecule has 0 spiro atoms. The molecule has 0 aliphatic carbocycles. The van der Waals surface area contributed by atoms with Crippen molar-refractivity contribution < 1.29 is 22.8 Å². The third-order valence-electron chi connectivity index (χ3n) is 7.34. The highest BCUT2D eigenvalue weighted by Crippen LogP contribution is 2.48. The van der Waals surface area contributed by atoms with Crippen LogP contribution in [-0.4, -0.2) is 66.7 Å². The number of fused-ring (bicyclic) bond motifs is 2. The molecule has 2 aliphatic heterocycles. The maximum atomic E-state index is 11.5. The van der Waals surface area contributed by atoms with Gasteiger partial charge in [-0.3, -0.25) is 4.57 Å². The Labute approximate surface area is 214 Å². The SMILES string of the molecule is CC(C)[Si]1(C(C)C)OC[C@@H]2O[C@H](n3cnc4c(N)nc(Cl)nc43)[C@@H](O)[C@@H]2O[Si](C(C)C)(C(C)C)O1. The van der Waals surface area contributed by atoms with E-state index >= 15 is 0 Å². The number of aliphatic hydroxyl groups excluding tert-OH is 1. The Balaban J connectivity index is 1.78.